The van der Waals surface area contributed by atoms with E-state index in [0.717, 1.165) is 61.8 Å². The Bertz CT molecular complexity index is 1010. The van der Waals surface area contributed by atoms with Gasteiger partial charge in [0.15, 0.2) is 5.82 Å². The van der Waals surface area contributed by atoms with Crippen LogP contribution in [0.1, 0.15) is 40.3 Å². The number of amides is 1. The normalized spacial score (nSPS) is 15.2. The summed E-state index contributed by atoms with van der Waals surface area (Å²) in [6.45, 7) is 6.98. The molecule has 7 heteroatoms. The summed E-state index contributed by atoms with van der Waals surface area (Å²) in [4.78, 5) is 26.2. The predicted molar refractivity (Wildman–Crippen MR) is 120 cm³/mol. The van der Waals surface area contributed by atoms with Gasteiger partial charge in [-0.15, -0.1) is 0 Å². The van der Waals surface area contributed by atoms with Crippen molar-refractivity contribution in [1.29, 1.82) is 0 Å². The van der Waals surface area contributed by atoms with E-state index in [9.17, 15) is 4.79 Å². The van der Waals surface area contributed by atoms with Gasteiger partial charge in [0, 0.05) is 62.9 Å². The number of rotatable bonds is 6. The second-order valence-electron chi connectivity index (χ2n) is 8.30. The predicted octanol–water partition coefficient (Wildman–Crippen LogP) is 3.06. The van der Waals surface area contributed by atoms with E-state index < -0.39 is 0 Å². The molecule has 0 aliphatic carbocycles. The number of piperidine rings is 1. The first kappa shape index (κ1) is 21.2. The Morgan fingerprint density at radius 3 is 2.55 bits per heavy atom. The number of aryl methyl sites for hydroxylation is 2. The Morgan fingerprint density at radius 1 is 1.13 bits per heavy atom. The zero-order valence-corrected chi connectivity index (χ0v) is 18.5. The van der Waals surface area contributed by atoms with Crippen molar-refractivity contribution in [1.82, 2.24) is 29.5 Å². The van der Waals surface area contributed by atoms with E-state index in [1.807, 2.05) is 62.3 Å². The monoisotopic (exact) mass is 418 g/mol. The van der Waals surface area contributed by atoms with Crippen molar-refractivity contribution >= 4 is 5.91 Å². The average molecular weight is 419 g/mol. The van der Waals surface area contributed by atoms with Gasteiger partial charge in [0.25, 0.3) is 5.91 Å². The summed E-state index contributed by atoms with van der Waals surface area (Å²) in [6, 6.07) is 12.0. The lowest BCUT2D eigenvalue weighted by Crippen LogP contribution is -2.46. The molecular weight excluding hydrogens is 388 g/mol. The lowest BCUT2D eigenvalue weighted by molar-refractivity contribution is 0.0643. The van der Waals surface area contributed by atoms with Crippen molar-refractivity contribution in [3.05, 3.63) is 71.4 Å². The summed E-state index contributed by atoms with van der Waals surface area (Å²) in [5, 5.41) is 4.46. The van der Waals surface area contributed by atoms with Crippen LogP contribution in [-0.2, 0) is 6.42 Å². The third-order valence-corrected chi connectivity index (χ3v) is 6.06. The molecule has 0 unspecified atom stereocenters. The van der Waals surface area contributed by atoms with Crippen LogP contribution < -0.4 is 0 Å². The Hall–Kier alpha value is -3.06. The van der Waals surface area contributed by atoms with Crippen LogP contribution in [0.15, 0.2) is 48.8 Å². The van der Waals surface area contributed by atoms with E-state index in [1.165, 1.54) is 0 Å². The number of hydrogen-bond acceptors (Lipinski definition) is 5. The van der Waals surface area contributed by atoms with Crippen molar-refractivity contribution in [3.63, 3.8) is 0 Å². The number of hydrogen-bond donors (Lipinski definition) is 0. The quantitative estimate of drug-likeness (QED) is 0.616. The molecule has 0 bridgehead atoms. The molecule has 1 aliphatic rings. The molecule has 0 spiro atoms. The van der Waals surface area contributed by atoms with Crippen LogP contribution in [-0.4, -0.2) is 68.2 Å². The minimum Gasteiger partial charge on any atom is -0.339 e. The summed E-state index contributed by atoms with van der Waals surface area (Å²) >= 11 is 0. The molecule has 3 aromatic heterocycles. The molecule has 7 nitrogen and oxygen atoms in total. The van der Waals surface area contributed by atoms with Crippen LogP contribution in [0.3, 0.4) is 0 Å². The molecule has 0 N–H and O–H groups in total. The topological polar surface area (TPSA) is 67.2 Å². The molecule has 3 aromatic rings. The standard InChI is InChI=1S/C24H30N6O/c1-18-16-19(2)30(27-18)23-8-7-20(17-26-23)24(31)28(3)22-10-14-29(15-11-22)13-9-21-6-4-5-12-25-21/h4-8,12,16-17,22H,9-11,13-15H2,1-3H3. The lowest BCUT2D eigenvalue weighted by Gasteiger charge is -2.36. The SMILES string of the molecule is Cc1cc(C)n(-c2ccc(C(=O)N(C)C3CCN(CCc4ccccn4)CC3)cn2)n1. The van der Waals surface area contributed by atoms with Gasteiger partial charge in [-0.05, 0) is 57.0 Å². The van der Waals surface area contributed by atoms with Gasteiger partial charge < -0.3 is 9.80 Å². The van der Waals surface area contributed by atoms with Crippen molar-refractivity contribution in [3.8, 4) is 5.82 Å². The van der Waals surface area contributed by atoms with Crippen LogP contribution in [0.5, 0.6) is 0 Å². The highest BCUT2D eigenvalue weighted by Crippen LogP contribution is 2.18. The molecule has 0 radical (unpaired) electrons. The highest BCUT2D eigenvalue weighted by Gasteiger charge is 2.26. The van der Waals surface area contributed by atoms with Crippen LogP contribution >= 0.6 is 0 Å². The fourth-order valence-electron chi connectivity index (χ4n) is 4.22. The summed E-state index contributed by atoms with van der Waals surface area (Å²) in [5.74, 6) is 0.755. The molecule has 1 saturated heterocycles. The molecule has 4 rings (SSSR count). The number of aromatic nitrogens is 4. The van der Waals surface area contributed by atoms with Crippen molar-refractivity contribution < 1.29 is 4.79 Å². The zero-order valence-electron chi connectivity index (χ0n) is 18.5. The van der Waals surface area contributed by atoms with Gasteiger partial charge in [-0.3, -0.25) is 9.78 Å². The maximum absolute atomic E-state index is 13.0. The highest BCUT2D eigenvalue weighted by molar-refractivity contribution is 5.94. The second kappa shape index (κ2) is 9.39. The largest absolute Gasteiger partial charge is 0.339 e. The average Bonchev–Trinajstić information content (AvgIpc) is 3.15. The summed E-state index contributed by atoms with van der Waals surface area (Å²) in [6.07, 6.45) is 6.45. The fourth-order valence-corrected chi connectivity index (χ4v) is 4.22. The smallest absolute Gasteiger partial charge is 0.255 e. The molecule has 1 fully saturated rings. The molecular formula is C24H30N6O. The first-order valence-electron chi connectivity index (χ1n) is 10.9. The van der Waals surface area contributed by atoms with Gasteiger partial charge >= 0.3 is 0 Å². The molecule has 1 amide bonds. The molecule has 31 heavy (non-hydrogen) atoms. The minimum absolute atomic E-state index is 0.0272. The Balaban J connectivity index is 1.31. The van der Waals surface area contributed by atoms with Crippen LogP contribution in [0.4, 0.5) is 0 Å². The second-order valence-corrected chi connectivity index (χ2v) is 8.30. The maximum atomic E-state index is 13.0. The van der Waals surface area contributed by atoms with Gasteiger partial charge in [0.2, 0.25) is 0 Å². The van der Waals surface area contributed by atoms with Crippen molar-refractivity contribution in [2.75, 3.05) is 26.7 Å². The third kappa shape index (κ3) is 4.99. The number of carbonyl (C=O) groups excluding carboxylic acids is 1. The van der Waals surface area contributed by atoms with E-state index in [4.69, 9.17) is 0 Å². The number of carbonyl (C=O) groups is 1. The highest BCUT2D eigenvalue weighted by atomic mass is 16.2. The molecule has 0 aromatic carbocycles. The van der Waals surface area contributed by atoms with Gasteiger partial charge in [0.05, 0.1) is 11.3 Å². The Kier molecular flexibility index (Phi) is 6.42. The van der Waals surface area contributed by atoms with E-state index in [1.54, 1.807) is 10.9 Å². The van der Waals surface area contributed by atoms with Gasteiger partial charge in [-0.1, -0.05) is 6.07 Å². The zero-order chi connectivity index (χ0) is 21.8. The van der Waals surface area contributed by atoms with Crippen LogP contribution in [0.2, 0.25) is 0 Å². The van der Waals surface area contributed by atoms with Crippen molar-refractivity contribution in [2.24, 2.45) is 0 Å². The Morgan fingerprint density at radius 2 is 1.94 bits per heavy atom. The maximum Gasteiger partial charge on any atom is 0.255 e. The van der Waals surface area contributed by atoms with Gasteiger partial charge in [0.1, 0.15) is 0 Å². The van der Waals surface area contributed by atoms with Crippen LogP contribution in [0, 0.1) is 13.8 Å². The molecule has 1 aliphatic heterocycles. The Labute approximate surface area is 183 Å². The molecule has 0 atom stereocenters. The van der Waals surface area contributed by atoms with Gasteiger partial charge in [-0.2, -0.15) is 5.10 Å². The summed E-state index contributed by atoms with van der Waals surface area (Å²) < 4.78 is 1.80. The first-order valence-corrected chi connectivity index (χ1v) is 10.9. The first-order chi connectivity index (χ1) is 15.0. The minimum atomic E-state index is 0.0272. The van der Waals surface area contributed by atoms with E-state index in [0.29, 0.717) is 5.56 Å². The number of pyridine rings is 2. The van der Waals surface area contributed by atoms with E-state index in [-0.39, 0.29) is 11.9 Å². The molecule has 4 heterocycles. The summed E-state index contributed by atoms with van der Waals surface area (Å²) in [7, 11) is 1.91. The lowest BCUT2D eigenvalue weighted by atomic mass is 10.0. The number of likely N-dealkylation sites (tertiary alicyclic amines) is 1. The third-order valence-electron chi connectivity index (χ3n) is 6.06. The van der Waals surface area contributed by atoms with Crippen molar-refractivity contribution in [2.45, 2.75) is 39.2 Å². The number of nitrogens with zero attached hydrogens (tertiary/aromatic N) is 6. The van der Waals surface area contributed by atoms with E-state index >= 15 is 0 Å². The summed E-state index contributed by atoms with van der Waals surface area (Å²) in [5.41, 5.74) is 3.72. The molecule has 162 valence electrons. The fraction of sp³-hybridized carbons (Fsp3) is 0.417. The molecule has 0 saturated carbocycles. The van der Waals surface area contributed by atoms with Gasteiger partial charge in [-0.25, -0.2) is 9.67 Å². The van der Waals surface area contributed by atoms with Crippen LogP contribution in [0.25, 0.3) is 5.82 Å². The van der Waals surface area contributed by atoms with E-state index in [2.05, 4.69) is 26.0 Å².